The Kier molecular flexibility index (Phi) is 5.45. The zero-order chi connectivity index (χ0) is 19.4. The number of rotatable bonds is 5. The van der Waals surface area contributed by atoms with Gasteiger partial charge in [-0.25, -0.2) is 4.79 Å². The van der Waals surface area contributed by atoms with E-state index in [1.165, 1.54) is 0 Å². The van der Waals surface area contributed by atoms with Crippen molar-refractivity contribution in [2.45, 2.75) is 39.2 Å². The van der Waals surface area contributed by atoms with E-state index in [9.17, 15) is 9.59 Å². The lowest BCUT2D eigenvalue weighted by molar-refractivity contribution is -0.150. The number of allylic oxidation sites excluding steroid dienone is 1. The largest absolute Gasteiger partial charge is 0.464 e. The summed E-state index contributed by atoms with van der Waals surface area (Å²) < 4.78 is 5.33. The van der Waals surface area contributed by atoms with Crippen LogP contribution >= 0.6 is 0 Å². The molecular weight excluding hydrogens is 338 g/mol. The molecule has 140 valence electrons. The van der Waals surface area contributed by atoms with Crippen LogP contribution in [0.1, 0.15) is 46.5 Å². The molecule has 0 unspecified atom stereocenters. The van der Waals surface area contributed by atoms with Crippen LogP contribution < -0.4 is 5.32 Å². The molecule has 0 heterocycles. The van der Waals surface area contributed by atoms with Crippen molar-refractivity contribution in [3.05, 3.63) is 76.4 Å². The van der Waals surface area contributed by atoms with E-state index < -0.39 is 5.54 Å². The number of benzene rings is 2. The number of aryl methyl sites for hydroxylation is 1. The molecule has 4 heteroatoms. The summed E-state index contributed by atoms with van der Waals surface area (Å²) in [6.07, 6.45) is 4.72. The Morgan fingerprint density at radius 3 is 2.37 bits per heavy atom. The van der Waals surface area contributed by atoms with Crippen LogP contribution in [-0.4, -0.2) is 24.0 Å². The zero-order valence-corrected chi connectivity index (χ0v) is 16.0. The third-order valence-corrected chi connectivity index (χ3v) is 5.02. The summed E-state index contributed by atoms with van der Waals surface area (Å²) in [5, 5.41) is 3.02. The summed E-state index contributed by atoms with van der Waals surface area (Å²) in [6.45, 7) is 5.95. The van der Waals surface area contributed by atoms with Crippen LogP contribution in [0.25, 0.3) is 6.08 Å². The van der Waals surface area contributed by atoms with E-state index in [1.807, 2.05) is 62.4 Å². The second kappa shape index (κ2) is 7.78. The number of nitrogens with one attached hydrogen (secondary N) is 1. The van der Waals surface area contributed by atoms with Crippen LogP contribution in [0.4, 0.5) is 0 Å². The molecule has 0 radical (unpaired) electrons. The molecule has 2 aromatic rings. The second-order valence-electron chi connectivity index (χ2n) is 6.92. The Morgan fingerprint density at radius 2 is 1.78 bits per heavy atom. The summed E-state index contributed by atoms with van der Waals surface area (Å²) in [5.74, 6) is -0.637. The van der Waals surface area contributed by atoms with Crippen molar-refractivity contribution in [3.63, 3.8) is 0 Å². The van der Waals surface area contributed by atoms with E-state index >= 15 is 0 Å². The summed E-state index contributed by atoms with van der Waals surface area (Å²) in [4.78, 5) is 26.0. The van der Waals surface area contributed by atoms with Crippen molar-refractivity contribution in [2.75, 3.05) is 6.61 Å². The highest BCUT2D eigenvalue weighted by atomic mass is 16.5. The van der Waals surface area contributed by atoms with Crippen molar-refractivity contribution >= 4 is 18.0 Å². The molecule has 1 N–H and O–H groups in total. The Morgan fingerprint density at radius 1 is 1.11 bits per heavy atom. The number of ether oxygens (including phenoxy) is 1. The number of carbonyl (C=O) groups excluding carboxylic acids is 2. The Bertz CT molecular complexity index is 873. The van der Waals surface area contributed by atoms with Gasteiger partial charge < -0.3 is 10.1 Å². The van der Waals surface area contributed by atoms with Gasteiger partial charge in [0.15, 0.2) is 0 Å². The van der Waals surface area contributed by atoms with Crippen LogP contribution in [-0.2, 0) is 22.4 Å². The highest BCUT2D eigenvalue weighted by Gasteiger charge is 2.46. The summed E-state index contributed by atoms with van der Waals surface area (Å²) in [7, 11) is 0. The van der Waals surface area contributed by atoms with E-state index in [0.717, 1.165) is 22.3 Å². The SMILES string of the molecule is C/C=C/c1c(C)cccc1C(=O)NC1(C(=O)OCC)Cc2ccccc2C1. The van der Waals surface area contributed by atoms with Crippen molar-refractivity contribution < 1.29 is 14.3 Å². The average molecular weight is 363 g/mol. The fourth-order valence-corrected chi connectivity index (χ4v) is 3.72. The minimum Gasteiger partial charge on any atom is -0.464 e. The predicted octanol–water partition coefficient (Wildman–Crippen LogP) is 3.86. The van der Waals surface area contributed by atoms with Crippen molar-refractivity contribution in [3.8, 4) is 0 Å². The van der Waals surface area contributed by atoms with Gasteiger partial charge >= 0.3 is 5.97 Å². The van der Waals surface area contributed by atoms with Gasteiger partial charge in [-0.1, -0.05) is 48.6 Å². The quantitative estimate of drug-likeness (QED) is 0.821. The molecule has 3 rings (SSSR count). The number of carbonyl (C=O) groups is 2. The van der Waals surface area contributed by atoms with Crippen LogP contribution in [0.5, 0.6) is 0 Å². The molecule has 0 saturated heterocycles. The molecule has 0 fully saturated rings. The maximum Gasteiger partial charge on any atom is 0.332 e. The molecule has 0 saturated carbocycles. The molecule has 4 nitrogen and oxygen atoms in total. The van der Waals surface area contributed by atoms with Crippen molar-refractivity contribution in [1.29, 1.82) is 0 Å². The smallest absolute Gasteiger partial charge is 0.332 e. The van der Waals surface area contributed by atoms with Gasteiger partial charge in [0, 0.05) is 18.4 Å². The minimum absolute atomic E-state index is 0.257. The van der Waals surface area contributed by atoms with Gasteiger partial charge in [0.1, 0.15) is 5.54 Å². The van der Waals surface area contributed by atoms with Gasteiger partial charge in [0.25, 0.3) is 5.91 Å². The van der Waals surface area contributed by atoms with Crippen LogP contribution in [0.15, 0.2) is 48.5 Å². The molecule has 0 atom stereocenters. The van der Waals surface area contributed by atoms with E-state index in [0.29, 0.717) is 18.4 Å². The Balaban J connectivity index is 1.96. The number of esters is 1. The van der Waals surface area contributed by atoms with Gasteiger partial charge in [-0.2, -0.15) is 0 Å². The number of hydrogen-bond donors (Lipinski definition) is 1. The molecular formula is C23H25NO3. The number of hydrogen-bond acceptors (Lipinski definition) is 3. The van der Waals surface area contributed by atoms with Crippen molar-refractivity contribution in [1.82, 2.24) is 5.32 Å². The summed E-state index contributed by atoms with van der Waals surface area (Å²) >= 11 is 0. The standard InChI is InChI=1S/C23H25NO3/c1-4-9-19-16(3)10-8-13-20(19)21(25)24-23(22(26)27-5-2)14-17-11-6-7-12-18(17)15-23/h4,6-13H,5,14-15H2,1-3H3,(H,24,25)/b9-4+. The lowest BCUT2D eigenvalue weighted by Gasteiger charge is -2.28. The first-order valence-electron chi connectivity index (χ1n) is 9.29. The van der Waals surface area contributed by atoms with Crippen LogP contribution in [0, 0.1) is 6.92 Å². The van der Waals surface area contributed by atoms with Gasteiger partial charge in [0.05, 0.1) is 6.61 Å². The van der Waals surface area contributed by atoms with Crippen LogP contribution in [0.2, 0.25) is 0 Å². The molecule has 27 heavy (non-hydrogen) atoms. The van der Waals surface area contributed by atoms with Crippen molar-refractivity contribution in [2.24, 2.45) is 0 Å². The fraction of sp³-hybridized carbons (Fsp3) is 0.304. The molecule has 1 aliphatic rings. The second-order valence-corrected chi connectivity index (χ2v) is 6.92. The van der Waals surface area contributed by atoms with E-state index in [4.69, 9.17) is 4.74 Å². The lowest BCUT2D eigenvalue weighted by Crippen LogP contribution is -2.56. The highest BCUT2D eigenvalue weighted by molar-refractivity contribution is 6.01. The fourth-order valence-electron chi connectivity index (χ4n) is 3.72. The predicted molar refractivity (Wildman–Crippen MR) is 107 cm³/mol. The molecule has 0 aliphatic heterocycles. The number of amides is 1. The van der Waals surface area contributed by atoms with E-state index in [1.54, 1.807) is 13.0 Å². The Labute approximate surface area is 160 Å². The van der Waals surface area contributed by atoms with Gasteiger partial charge in [-0.3, -0.25) is 4.79 Å². The molecule has 1 amide bonds. The zero-order valence-electron chi connectivity index (χ0n) is 16.0. The normalized spacial score (nSPS) is 14.8. The molecule has 0 spiro atoms. The highest BCUT2D eigenvalue weighted by Crippen LogP contribution is 2.32. The van der Waals surface area contributed by atoms with Gasteiger partial charge in [-0.15, -0.1) is 0 Å². The third-order valence-electron chi connectivity index (χ3n) is 5.02. The monoisotopic (exact) mass is 363 g/mol. The molecule has 1 aliphatic carbocycles. The maximum atomic E-state index is 13.2. The average Bonchev–Trinajstić information content (AvgIpc) is 3.03. The first-order chi connectivity index (χ1) is 13.0. The van der Waals surface area contributed by atoms with E-state index in [-0.39, 0.29) is 18.5 Å². The molecule has 0 bridgehead atoms. The summed E-state index contributed by atoms with van der Waals surface area (Å²) in [5.41, 5.74) is 3.53. The Hall–Kier alpha value is -2.88. The number of fused-ring (bicyclic) bond motifs is 1. The van der Waals surface area contributed by atoms with Gasteiger partial charge in [-0.05, 0) is 49.1 Å². The third kappa shape index (κ3) is 3.65. The maximum absolute atomic E-state index is 13.2. The summed E-state index contributed by atoms with van der Waals surface area (Å²) in [6, 6.07) is 13.5. The molecule has 2 aromatic carbocycles. The van der Waals surface area contributed by atoms with Crippen LogP contribution in [0.3, 0.4) is 0 Å². The topological polar surface area (TPSA) is 55.4 Å². The molecule has 0 aromatic heterocycles. The first kappa shape index (κ1) is 18.9. The van der Waals surface area contributed by atoms with E-state index in [2.05, 4.69) is 5.32 Å². The first-order valence-corrected chi connectivity index (χ1v) is 9.29. The van der Waals surface area contributed by atoms with Gasteiger partial charge in [0.2, 0.25) is 0 Å². The lowest BCUT2D eigenvalue weighted by atomic mass is 9.93. The minimum atomic E-state index is -1.06.